The first-order valence-electron chi connectivity index (χ1n) is 12.5. The molecular formula is C29H26FN7O. The van der Waals surface area contributed by atoms with Crippen LogP contribution in [0.3, 0.4) is 0 Å². The first-order chi connectivity index (χ1) is 18.5. The van der Waals surface area contributed by atoms with Crippen LogP contribution in [0.25, 0.3) is 33.2 Å². The molecule has 2 atom stereocenters. The van der Waals surface area contributed by atoms with Crippen LogP contribution in [0.2, 0.25) is 0 Å². The molecule has 4 heterocycles. The summed E-state index contributed by atoms with van der Waals surface area (Å²) in [4.78, 5) is 21.0. The van der Waals surface area contributed by atoms with Crippen LogP contribution in [0.5, 0.6) is 0 Å². The Kier molecular flexibility index (Phi) is 5.95. The molecule has 9 heteroatoms. The summed E-state index contributed by atoms with van der Waals surface area (Å²) in [5.41, 5.74) is 6.85. The molecule has 3 aromatic heterocycles. The second-order valence-corrected chi connectivity index (χ2v) is 9.44. The van der Waals surface area contributed by atoms with Crippen molar-refractivity contribution in [1.29, 1.82) is 0 Å². The Morgan fingerprint density at radius 3 is 2.68 bits per heavy atom. The minimum absolute atomic E-state index is 0.0267. The molecule has 0 radical (unpaired) electrons. The van der Waals surface area contributed by atoms with Gasteiger partial charge in [-0.2, -0.15) is 5.10 Å². The lowest BCUT2D eigenvalue weighted by Gasteiger charge is -2.13. The lowest BCUT2D eigenvalue weighted by Crippen LogP contribution is -2.19. The SMILES string of the molecule is CCC(C)C(=O)Nc1cncc(-c2ccc3n[nH]c(C4Nc5cncc(-c6ccccc6F)c5N4)c3c2)c1. The molecule has 38 heavy (non-hydrogen) atoms. The zero-order valence-corrected chi connectivity index (χ0v) is 20.9. The van der Waals surface area contributed by atoms with Crippen molar-refractivity contribution in [2.45, 2.75) is 26.4 Å². The number of hydrogen-bond donors (Lipinski definition) is 4. The van der Waals surface area contributed by atoms with Gasteiger partial charge in [-0.25, -0.2) is 4.39 Å². The van der Waals surface area contributed by atoms with Gasteiger partial charge in [0.05, 0.1) is 40.7 Å². The van der Waals surface area contributed by atoms with Gasteiger partial charge in [0.15, 0.2) is 0 Å². The van der Waals surface area contributed by atoms with E-state index in [0.717, 1.165) is 45.5 Å². The number of aromatic amines is 1. The van der Waals surface area contributed by atoms with Gasteiger partial charge in [0.25, 0.3) is 0 Å². The van der Waals surface area contributed by atoms with E-state index < -0.39 is 0 Å². The molecule has 0 saturated heterocycles. The number of carbonyl (C=O) groups is 1. The predicted molar refractivity (Wildman–Crippen MR) is 147 cm³/mol. The fraction of sp³-hybridized carbons (Fsp3) is 0.172. The molecular weight excluding hydrogens is 481 g/mol. The number of nitrogens with zero attached hydrogens (tertiary/aromatic N) is 3. The lowest BCUT2D eigenvalue weighted by atomic mass is 10.0. The van der Waals surface area contributed by atoms with Crippen molar-refractivity contribution in [3.8, 4) is 22.3 Å². The molecule has 1 aliphatic rings. The summed E-state index contributed by atoms with van der Waals surface area (Å²) < 4.78 is 14.6. The van der Waals surface area contributed by atoms with E-state index in [2.05, 4.69) is 36.1 Å². The summed E-state index contributed by atoms with van der Waals surface area (Å²) in [6.45, 7) is 3.89. The van der Waals surface area contributed by atoms with Crippen molar-refractivity contribution >= 4 is 33.9 Å². The molecule has 0 spiro atoms. The van der Waals surface area contributed by atoms with Crippen molar-refractivity contribution in [3.63, 3.8) is 0 Å². The second-order valence-electron chi connectivity index (χ2n) is 9.44. The van der Waals surface area contributed by atoms with E-state index in [4.69, 9.17) is 0 Å². The highest BCUT2D eigenvalue weighted by molar-refractivity contribution is 5.94. The molecule has 0 aliphatic carbocycles. The third kappa shape index (κ3) is 4.21. The Morgan fingerprint density at radius 1 is 1.00 bits per heavy atom. The van der Waals surface area contributed by atoms with Crippen molar-refractivity contribution in [2.24, 2.45) is 5.92 Å². The molecule has 0 saturated carbocycles. The number of benzene rings is 2. The van der Waals surface area contributed by atoms with Crippen molar-refractivity contribution < 1.29 is 9.18 Å². The van der Waals surface area contributed by atoms with E-state index >= 15 is 0 Å². The summed E-state index contributed by atoms with van der Waals surface area (Å²) in [5.74, 6) is -0.407. The zero-order chi connectivity index (χ0) is 26.2. The Morgan fingerprint density at radius 2 is 1.84 bits per heavy atom. The van der Waals surface area contributed by atoms with Crippen LogP contribution in [0.4, 0.5) is 21.5 Å². The van der Waals surface area contributed by atoms with Gasteiger partial charge in [-0.3, -0.25) is 19.9 Å². The largest absolute Gasteiger partial charge is 0.358 e. The summed E-state index contributed by atoms with van der Waals surface area (Å²) in [7, 11) is 0. The standard InChI is InChI=1S/C29H26FN7O/c1-3-16(2)29(38)33-19-10-18(12-31-13-19)17-8-9-24-21(11-17)27(37-36-24)28-34-25-15-32-14-22(26(25)35-28)20-6-4-5-7-23(20)30/h4-16,28,34-35H,3H2,1-2H3,(H,33,38)(H,36,37). The summed E-state index contributed by atoms with van der Waals surface area (Å²) in [5, 5.41) is 18.4. The zero-order valence-electron chi connectivity index (χ0n) is 20.9. The number of carbonyl (C=O) groups excluding carboxylic acids is 1. The molecule has 1 amide bonds. The molecule has 1 aliphatic heterocycles. The number of nitrogens with one attached hydrogen (secondary N) is 4. The van der Waals surface area contributed by atoms with Crippen LogP contribution in [0, 0.1) is 11.7 Å². The predicted octanol–water partition coefficient (Wildman–Crippen LogP) is 6.35. The average Bonchev–Trinajstić information content (AvgIpc) is 3.56. The number of anilines is 3. The van der Waals surface area contributed by atoms with Gasteiger partial charge in [0, 0.05) is 40.4 Å². The third-order valence-electron chi connectivity index (χ3n) is 6.97. The quantitative estimate of drug-likeness (QED) is 0.213. The van der Waals surface area contributed by atoms with Crippen molar-refractivity contribution in [1.82, 2.24) is 20.2 Å². The van der Waals surface area contributed by atoms with Crippen LogP contribution in [-0.2, 0) is 4.79 Å². The van der Waals surface area contributed by atoms with Crippen LogP contribution in [0.1, 0.15) is 32.1 Å². The van der Waals surface area contributed by atoms with Gasteiger partial charge >= 0.3 is 0 Å². The smallest absolute Gasteiger partial charge is 0.227 e. The minimum atomic E-state index is -0.320. The van der Waals surface area contributed by atoms with Gasteiger partial charge < -0.3 is 16.0 Å². The monoisotopic (exact) mass is 507 g/mol. The number of hydrogen-bond acceptors (Lipinski definition) is 6. The number of amides is 1. The molecule has 0 fully saturated rings. The molecule has 2 aromatic carbocycles. The fourth-order valence-corrected chi connectivity index (χ4v) is 4.64. The molecule has 190 valence electrons. The van der Waals surface area contributed by atoms with E-state index in [9.17, 15) is 9.18 Å². The first-order valence-corrected chi connectivity index (χ1v) is 12.5. The van der Waals surface area contributed by atoms with Gasteiger partial charge in [0.2, 0.25) is 5.91 Å². The molecule has 6 rings (SSSR count). The van der Waals surface area contributed by atoms with E-state index in [1.165, 1.54) is 6.07 Å². The van der Waals surface area contributed by atoms with E-state index in [0.29, 0.717) is 16.8 Å². The van der Waals surface area contributed by atoms with E-state index in [-0.39, 0.29) is 23.8 Å². The highest BCUT2D eigenvalue weighted by Crippen LogP contribution is 2.43. The minimum Gasteiger partial charge on any atom is -0.358 e. The number of aromatic nitrogens is 4. The van der Waals surface area contributed by atoms with Crippen LogP contribution in [0.15, 0.2) is 73.3 Å². The highest BCUT2D eigenvalue weighted by atomic mass is 19.1. The number of fused-ring (bicyclic) bond motifs is 2. The lowest BCUT2D eigenvalue weighted by molar-refractivity contribution is -0.119. The summed E-state index contributed by atoms with van der Waals surface area (Å²) >= 11 is 0. The Labute approximate surface area is 218 Å². The Balaban J connectivity index is 1.32. The fourth-order valence-electron chi connectivity index (χ4n) is 4.64. The second kappa shape index (κ2) is 9.59. The third-order valence-corrected chi connectivity index (χ3v) is 6.97. The molecule has 8 nitrogen and oxygen atoms in total. The summed E-state index contributed by atoms with van der Waals surface area (Å²) in [6.07, 6.45) is 7.26. The maximum Gasteiger partial charge on any atom is 0.227 e. The van der Waals surface area contributed by atoms with E-state index in [1.807, 2.05) is 38.1 Å². The number of rotatable bonds is 6. The van der Waals surface area contributed by atoms with Crippen LogP contribution < -0.4 is 16.0 Å². The molecule has 5 aromatic rings. The Hall–Kier alpha value is -4.79. The number of H-pyrrole nitrogens is 1. The van der Waals surface area contributed by atoms with Gasteiger partial charge in [0.1, 0.15) is 12.0 Å². The maximum absolute atomic E-state index is 14.6. The van der Waals surface area contributed by atoms with Crippen molar-refractivity contribution in [3.05, 3.63) is 84.8 Å². The first kappa shape index (κ1) is 23.6. The normalized spacial score (nSPS) is 15.0. The van der Waals surface area contributed by atoms with Crippen LogP contribution >= 0.6 is 0 Å². The molecule has 4 N–H and O–H groups in total. The molecule has 0 bridgehead atoms. The maximum atomic E-state index is 14.6. The van der Waals surface area contributed by atoms with Crippen molar-refractivity contribution in [2.75, 3.05) is 16.0 Å². The number of pyridine rings is 2. The number of halogens is 1. The van der Waals surface area contributed by atoms with E-state index in [1.54, 1.807) is 43.0 Å². The highest BCUT2D eigenvalue weighted by Gasteiger charge is 2.28. The molecule has 2 unspecified atom stereocenters. The average molecular weight is 508 g/mol. The summed E-state index contributed by atoms with van der Waals surface area (Å²) in [6, 6.07) is 14.6. The van der Waals surface area contributed by atoms with Gasteiger partial charge in [-0.15, -0.1) is 0 Å². The van der Waals surface area contributed by atoms with Gasteiger partial charge in [-0.1, -0.05) is 38.1 Å². The topological polar surface area (TPSA) is 108 Å². The van der Waals surface area contributed by atoms with Gasteiger partial charge in [-0.05, 0) is 36.2 Å². The van der Waals surface area contributed by atoms with Crippen LogP contribution in [-0.4, -0.2) is 26.1 Å². The Bertz CT molecular complexity index is 1660.